The van der Waals surface area contributed by atoms with E-state index in [1.165, 1.54) is 12.8 Å². The molecule has 1 atom stereocenters. The van der Waals surface area contributed by atoms with Crippen LogP contribution in [0.25, 0.3) is 0 Å². The van der Waals surface area contributed by atoms with E-state index in [2.05, 4.69) is 9.71 Å². The minimum Gasteiger partial charge on any atom is -0.355 e. The first-order valence-electron chi connectivity index (χ1n) is 9.04. The number of amidine groups is 1. The summed E-state index contributed by atoms with van der Waals surface area (Å²) in [4.78, 5) is 14.8. The van der Waals surface area contributed by atoms with E-state index < -0.39 is 10.0 Å². The van der Waals surface area contributed by atoms with Gasteiger partial charge in [-0.3, -0.25) is 4.79 Å². The number of fused-ring (bicyclic) bond motifs is 1. The van der Waals surface area contributed by atoms with Gasteiger partial charge in [0.1, 0.15) is 4.90 Å². The van der Waals surface area contributed by atoms with Crippen molar-refractivity contribution in [2.45, 2.75) is 49.5 Å². The van der Waals surface area contributed by atoms with Gasteiger partial charge < -0.3 is 10.2 Å². The molecule has 25 heavy (non-hydrogen) atoms. The standard InChI is InChI=1S/C18H23N3O3S/c22-18(19-14-7-1-2-8-14)13-6-5-11-21(12-13)17-15-9-3-4-10-16(15)25(23,24)20-17/h3-4,9-10,13-14H,1-2,5-8,11-12H2,(H,19,22)/t13-/m0/s1. The largest absolute Gasteiger partial charge is 0.355 e. The Kier molecular flexibility index (Phi) is 4.27. The van der Waals surface area contributed by atoms with E-state index in [0.29, 0.717) is 24.0 Å². The predicted octanol–water partition coefficient (Wildman–Crippen LogP) is 1.91. The molecule has 6 nitrogen and oxygen atoms in total. The number of sulfonamides is 1. The van der Waals surface area contributed by atoms with Gasteiger partial charge in [0.15, 0.2) is 5.84 Å². The molecular weight excluding hydrogens is 338 g/mol. The molecule has 0 unspecified atom stereocenters. The fourth-order valence-electron chi connectivity index (χ4n) is 4.09. The Morgan fingerprint density at radius 2 is 1.88 bits per heavy atom. The van der Waals surface area contributed by atoms with Crippen molar-refractivity contribution < 1.29 is 13.2 Å². The number of carbonyl (C=O) groups excluding carboxylic acids is 1. The minimum absolute atomic E-state index is 0.103. The molecule has 2 heterocycles. The van der Waals surface area contributed by atoms with Gasteiger partial charge in [-0.1, -0.05) is 25.0 Å². The quantitative estimate of drug-likeness (QED) is 0.873. The Morgan fingerprint density at radius 3 is 2.68 bits per heavy atom. The van der Waals surface area contributed by atoms with Crippen LogP contribution >= 0.6 is 0 Å². The van der Waals surface area contributed by atoms with Crippen LogP contribution in [0.5, 0.6) is 0 Å². The van der Waals surface area contributed by atoms with Gasteiger partial charge in [0.25, 0.3) is 10.0 Å². The first-order valence-corrected chi connectivity index (χ1v) is 10.5. The molecule has 4 rings (SSSR count). The third kappa shape index (κ3) is 3.17. The van der Waals surface area contributed by atoms with Crippen molar-refractivity contribution in [1.29, 1.82) is 0 Å². The highest BCUT2D eigenvalue weighted by Crippen LogP contribution is 2.30. The summed E-state index contributed by atoms with van der Waals surface area (Å²) in [5.41, 5.74) is 0.652. The lowest BCUT2D eigenvalue weighted by atomic mass is 9.96. The Hall–Kier alpha value is -1.89. The molecule has 0 spiro atoms. The molecule has 7 heteroatoms. The smallest absolute Gasteiger partial charge is 0.285 e. The van der Waals surface area contributed by atoms with Gasteiger partial charge in [-0.25, -0.2) is 0 Å². The molecule has 3 aliphatic rings. The topological polar surface area (TPSA) is 78.8 Å². The monoisotopic (exact) mass is 361 g/mol. The summed E-state index contributed by atoms with van der Waals surface area (Å²) in [5, 5.41) is 3.17. The van der Waals surface area contributed by atoms with Crippen molar-refractivity contribution in [2.24, 2.45) is 10.3 Å². The number of likely N-dealkylation sites (tertiary alicyclic amines) is 1. The maximum atomic E-state index is 12.6. The van der Waals surface area contributed by atoms with E-state index in [1.807, 2.05) is 11.0 Å². The molecule has 0 radical (unpaired) electrons. The number of carbonyl (C=O) groups is 1. The zero-order valence-corrected chi connectivity index (χ0v) is 15.0. The molecule has 134 valence electrons. The molecular formula is C18H23N3O3S. The molecule has 1 aromatic carbocycles. The van der Waals surface area contributed by atoms with Crippen molar-refractivity contribution in [3.63, 3.8) is 0 Å². The second-order valence-corrected chi connectivity index (χ2v) is 8.73. The molecule has 1 saturated carbocycles. The number of amides is 1. The zero-order valence-electron chi connectivity index (χ0n) is 14.1. The zero-order chi connectivity index (χ0) is 17.4. The van der Waals surface area contributed by atoms with Crippen LogP contribution in [0.3, 0.4) is 0 Å². The number of hydrogen-bond donors (Lipinski definition) is 1. The minimum atomic E-state index is -3.61. The molecule has 0 aromatic heterocycles. The number of nitrogens with zero attached hydrogens (tertiary/aromatic N) is 2. The van der Waals surface area contributed by atoms with Gasteiger partial charge in [0.05, 0.1) is 5.92 Å². The van der Waals surface area contributed by atoms with Crippen LogP contribution in [0, 0.1) is 5.92 Å². The lowest BCUT2D eigenvalue weighted by Gasteiger charge is -2.33. The van der Waals surface area contributed by atoms with Crippen LogP contribution in [0.15, 0.2) is 33.6 Å². The predicted molar refractivity (Wildman–Crippen MR) is 94.9 cm³/mol. The fraction of sp³-hybridized carbons (Fsp3) is 0.556. The normalized spacial score (nSPS) is 25.5. The molecule has 1 saturated heterocycles. The van der Waals surface area contributed by atoms with Gasteiger partial charge in [-0.2, -0.15) is 8.42 Å². The molecule has 1 N–H and O–H groups in total. The van der Waals surface area contributed by atoms with Crippen LogP contribution in [0.4, 0.5) is 0 Å². The number of hydrogen-bond acceptors (Lipinski definition) is 4. The highest BCUT2D eigenvalue weighted by atomic mass is 32.2. The number of benzene rings is 1. The molecule has 1 amide bonds. The second kappa shape index (κ2) is 6.44. The highest BCUT2D eigenvalue weighted by Gasteiger charge is 2.35. The summed E-state index contributed by atoms with van der Waals surface area (Å²) in [7, 11) is -3.61. The Bertz CT molecular complexity index is 813. The SMILES string of the molecule is O=C(NC1CCCC1)[C@H]1CCCN(C2=NS(=O)(=O)c3ccccc32)C1. The van der Waals surface area contributed by atoms with E-state index in [-0.39, 0.29) is 16.7 Å². The van der Waals surface area contributed by atoms with Gasteiger partial charge in [-0.15, -0.1) is 4.40 Å². The molecule has 2 fully saturated rings. The summed E-state index contributed by atoms with van der Waals surface area (Å²) < 4.78 is 28.5. The van der Waals surface area contributed by atoms with Crippen LogP contribution < -0.4 is 5.32 Å². The van der Waals surface area contributed by atoms with Crippen LogP contribution in [0.1, 0.15) is 44.1 Å². The van der Waals surface area contributed by atoms with Crippen LogP contribution in [0.2, 0.25) is 0 Å². The Labute approximate surface area is 148 Å². The second-order valence-electron chi connectivity index (χ2n) is 7.16. The van der Waals surface area contributed by atoms with Crippen molar-refractivity contribution in [3.8, 4) is 0 Å². The lowest BCUT2D eigenvalue weighted by molar-refractivity contribution is -0.126. The Morgan fingerprint density at radius 1 is 1.12 bits per heavy atom. The third-order valence-electron chi connectivity index (χ3n) is 5.41. The van der Waals surface area contributed by atoms with Gasteiger partial charge in [0.2, 0.25) is 5.91 Å². The van der Waals surface area contributed by atoms with E-state index >= 15 is 0 Å². The van der Waals surface area contributed by atoms with Crippen molar-refractivity contribution in [1.82, 2.24) is 10.2 Å². The van der Waals surface area contributed by atoms with E-state index in [9.17, 15) is 13.2 Å². The summed E-state index contributed by atoms with van der Waals surface area (Å²) in [5.74, 6) is 0.493. The molecule has 1 aliphatic carbocycles. The first-order chi connectivity index (χ1) is 12.0. The maximum absolute atomic E-state index is 12.6. The maximum Gasteiger partial charge on any atom is 0.285 e. The van der Waals surface area contributed by atoms with E-state index in [0.717, 1.165) is 32.2 Å². The summed E-state index contributed by atoms with van der Waals surface area (Å²) in [6, 6.07) is 7.23. The molecule has 0 bridgehead atoms. The van der Waals surface area contributed by atoms with E-state index in [4.69, 9.17) is 0 Å². The average Bonchev–Trinajstić information content (AvgIpc) is 3.21. The fourth-order valence-corrected chi connectivity index (χ4v) is 5.32. The van der Waals surface area contributed by atoms with Gasteiger partial charge >= 0.3 is 0 Å². The summed E-state index contributed by atoms with van der Waals surface area (Å²) in [6.45, 7) is 1.26. The highest BCUT2D eigenvalue weighted by molar-refractivity contribution is 7.90. The van der Waals surface area contributed by atoms with Gasteiger partial charge in [-0.05, 0) is 37.8 Å². The van der Waals surface area contributed by atoms with Crippen LogP contribution in [-0.2, 0) is 14.8 Å². The van der Waals surface area contributed by atoms with Crippen LogP contribution in [-0.4, -0.2) is 44.2 Å². The summed E-state index contributed by atoms with van der Waals surface area (Å²) in [6.07, 6.45) is 6.22. The Balaban J connectivity index is 1.51. The third-order valence-corrected chi connectivity index (χ3v) is 6.73. The van der Waals surface area contributed by atoms with Gasteiger partial charge in [0, 0.05) is 24.7 Å². The number of piperidine rings is 1. The first kappa shape index (κ1) is 16.6. The number of nitrogens with one attached hydrogen (secondary N) is 1. The van der Waals surface area contributed by atoms with Crippen molar-refractivity contribution in [2.75, 3.05) is 13.1 Å². The average molecular weight is 361 g/mol. The van der Waals surface area contributed by atoms with E-state index in [1.54, 1.807) is 18.2 Å². The van der Waals surface area contributed by atoms with Crippen molar-refractivity contribution in [3.05, 3.63) is 29.8 Å². The number of rotatable bonds is 2. The summed E-state index contributed by atoms with van der Waals surface area (Å²) >= 11 is 0. The molecule has 2 aliphatic heterocycles. The lowest BCUT2D eigenvalue weighted by Crippen LogP contribution is -2.47. The molecule has 1 aromatic rings. The van der Waals surface area contributed by atoms with Crippen molar-refractivity contribution >= 4 is 21.8 Å².